The van der Waals surface area contributed by atoms with Crippen LogP contribution >= 0.6 is 0 Å². The summed E-state index contributed by atoms with van der Waals surface area (Å²) < 4.78 is 0. The average molecular weight is 208 g/mol. The van der Waals surface area contributed by atoms with Gasteiger partial charge in [-0.15, -0.1) is 0 Å². The molecule has 0 unspecified atom stereocenters. The number of aryl methyl sites for hydroxylation is 1. The second-order valence-electron chi connectivity index (χ2n) is 2.52. The fourth-order valence-corrected chi connectivity index (χ4v) is 0.945. The van der Waals surface area contributed by atoms with Crippen LogP contribution in [-0.4, -0.2) is 13.3 Å². The summed E-state index contributed by atoms with van der Waals surface area (Å²) in [5.74, 6) is 0. The van der Waals surface area contributed by atoms with Crippen LogP contribution in [0.4, 0.5) is 5.69 Å². The molecule has 86 valence electrons. The molecule has 0 heterocycles. The summed E-state index contributed by atoms with van der Waals surface area (Å²) in [6.07, 6.45) is 1.77. The fourth-order valence-electron chi connectivity index (χ4n) is 0.945. The van der Waals surface area contributed by atoms with Crippen LogP contribution < -0.4 is 5.73 Å². The van der Waals surface area contributed by atoms with Gasteiger partial charge in [-0.25, -0.2) is 0 Å². The lowest BCUT2D eigenvalue weighted by atomic mass is 10.1. The highest BCUT2D eigenvalue weighted by Crippen LogP contribution is 2.10. The predicted molar refractivity (Wildman–Crippen MR) is 71.8 cm³/mol. The third-order valence-corrected chi connectivity index (χ3v) is 1.51. The second-order valence-corrected chi connectivity index (χ2v) is 2.52. The summed E-state index contributed by atoms with van der Waals surface area (Å²) >= 11 is 0. The zero-order valence-electron chi connectivity index (χ0n) is 10.8. The number of hydrogen-bond acceptors (Lipinski definition) is 2. The monoisotopic (exact) mass is 208 g/mol. The Labute approximate surface area is 94.2 Å². The van der Waals surface area contributed by atoms with Crippen LogP contribution in [0.1, 0.15) is 38.8 Å². The van der Waals surface area contributed by atoms with Gasteiger partial charge in [-0.2, -0.15) is 0 Å². The Kier molecular flexibility index (Phi) is 11.6. The molecule has 0 aromatic heterocycles. The Bertz CT molecular complexity index is 278. The molecule has 0 radical (unpaired) electrons. The molecule has 2 heteroatoms. The molecule has 0 aliphatic carbocycles. The van der Waals surface area contributed by atoms with Gasteiger partial charge in [0.1, 0.15) is 0 Å². The SMILES string of the molecule is CC.CC.CN=Cc1cc(C)ccc1N. The average Bonchev–Trinajstić information content (AvgIpc) is 2.29. The van der Waals surface area contributed by atoms with Crippen molar-refractivity contribution in [3.63, 3.8) is 0 Å². The summed E-state index contributed by atoms with van der Waals surface area (Å²) in [5.41, 5.74) is 8.66. The second kappa shape index (κ2) is 10.8. The molecule has 1 aromatic carbocycles. The number of nitrogens with two attached hydrogens (primary N) is 1. The van der Waals surface area contributed by atoms with Crippen molar-refractivity contribution in [2.75, 3.05) is 12.8 Å². The smallest absolute Gasteiger partial charge is 0.0403 e. The van der Waals surface area contributed by atoms with E-state index < -0.39 is 0 Å². The van der Waals surface area contributed by atoms with Gasteiger partial charge < -0.3 is 5.73 Å². The van der Waals surface area contributed by atoms with Gasteiger partial charge in [-0.1, -0.05) is 39.3 Å². The maximum atomic E-state index is 5.68. The van der Waals surface area contributed by atoms with E-state index in [-0.39, 0.29) is 0 Å². The number of benzene rings is 1. The molecule has 0 saturated carbocycles. The van der Waals surface area contributed by atoms with Crippen molar-refractivity contribution in [1.29, 1.82) is 0 Å². The Morgan fingerprint density at radius 3 is 2.13 bits per heavy atom. The van der Waals surface area contributed by atoms with Crippen LogP contribution in [0.15, 0.2) is 23.2 Å². The van der Waals surface area contributed by atoms with E-state index in [0.29, 0.717) is 0 Å². The van der Waals surface area contributed by atoms with Gasteiger partial charge >= 0.3 is 0 Å². The summed E-state index contributed by atoms with van der Waals surface area (Å²) in [6.45, 7) is 10.0. The Balaban J connectivity index is 0. The normalized spacial score (nSPS) is 8.67. The van der Waals surface area contributed by atoms with Crippen LogP contribution in [0.5, 0.6) is 0 Å². The molecule has 15 heavy (non-hydrogen) atoms. The number of anilines is 1. The number of rotatable bonds is 1. The highest BCUT2D eigenvalue weighted by Gasteiger charge is 1.93. The van der Waals surface area contributed by atoms with Crippen LogP contribution in [0.25, 0.3) is 0 Å². The third kappa shape index (κ3) is 6.72. The number of aliphatic imine (C=N–C) groups is 1. The molecule has 0 bridgehead atoms. The van der Waals surface area contributed by atoms with Crippen molar-refractivity contribution in [3.8, 4) is 0 Å². The van der Waals surface area contributed by atoms with E-state index in [9.17, 15) is 0 Å². The van der Waals surface area contributed by atoms with Gasteiger partial charge in [-0.05, 0) is 19.1 Å². The van der Waals surface area contributed by atoms with Crippen molar-refractivity contribution >= 4 is 11.9 Å². The largest absolute Gasteiger partial charge is 0.398 e. The van der Waals surface area contributed by atoms with E-state index in [1.165, 1.54) is 5.56 Å². The molecule has 1 aromatic rings. The van der Waals surface area contributed by atoms with Crippen LogP contribution in [-0.2, 0) is 0 Å². The molecule has 0 aliphatic heterocycles. The molecule has 2 nitrogen and oxygen atoms in total. The summed E-state index contributed by atoms with van der Waals surface area (Å²) in [5, 5.41) is 0. The lowest BCUT2D eigenvalue weighted by Crippen LogP contribution is -1.93. The molecule has 0 aliphatic rings. The van der Waals surface area contributed by atoms with Crippen LogP contribution in [0, 0.1) is 6.92 Å². The van der Waals surface area contributed by atoms with E-state index in [1.807, 2.05) is 52.8 Å². The van der Waals surface area contributed by atoms with E-state index in [1.54, 1.807) is 13.3 Å². The predicted octanol–water partition coefficient (Wildman–Crippen LogP) is 3.68. The van der Waals surface area contributed by atoms with E-state index in [2.05, 4.69) is 4.99 Å². The quantitative estimate of drug-likeness (QED) is 0.555. The van der Waals surface area contributed by atoms with Crippen molar-refractivity contribution < 1.29 is 0 Å². The first-order chi connectivity index (χ1) is 7.24. The van der Waals surface area contributed by atoms with E-state index in [0.717, 1.165) is 11.3 Å². The lowest BCUT2D eigenvalue weighted by molar-refractivity contribution is 1.43. The molecule has 1 rings (SSSR count). The Hall–Kier alpha value is -1.31. The molecule has 0 atom stereocenters. The van der Waals surface area contributed by atoms with Crippen LogP contribution in [0.3, 0.4) is 0 Å². The topological polar surface area (TPSA) is 38.4 Å². The zero-order valence-corrected chi connectivity index (χ0v) is 10.8. The minimum absolute atomic E-state index is 0.779. The van der Waals surface area contributed by atoms with E-state index >= 15 is 0 Å². The van der Waals surface area contributed by atoms with Crippen LogP contribution in [0.2, 0.25) is 0 Å². The molecule has 2 N–H and O–H groups in total. The van der Waals surface area contributed by atoms with Gasteiger partial charge in [0.25, 0.3) is 0 Å². The van der Waals surface area contributed by atoms with Crippen molar-refractivity contribution in [2.45, 2.75) is 34.6 Å². The fraction of sp³-hybridized carbons (Fsp3) is 0.462. The summed E-state index contributed by atoms with van der Waals surface area (Å²) in [4.78, 5) is 3.90. The van der Waals surface area contributed by atoms with Gasteiger partial charge in [0.05, 0.1) is 0 Å². The third-order valence-electron chi connectivity index (χ3n) is 1.51. The van der Waals surface area contributed by atoms with Gasteiger partial charge in [0.15, 0.2) is 0 Å². The maximum Gasteiger partial charge on any atom is 0.0403 e. The molecular formula is C13H24N2. The van der Waals surface area contributed by atoms with Crippen molar-refractivity contribution in [1.82, 2.24) is 0 Å². The first-order valence-electron chi connectivity index (χ1n) is 5.52. The molecule has 0 spiro atoms. The molecule has 0 amide bonds. The number of nitrogen functional groups attached to an aromatic ring is 1. The summed E-state index contributed by atoms with van der Waals surface area (Å²) in [7, 11) is 1.74. The van der Waals surface area contributed by atoms with Crippen molar-refractivity contribution in [2.24, 2.45) is 4.99 Å². The Morgan fingerprint density at radius 1 is 1.13 bits per heavy atom. The minimum atomic E-state index is 0.779. The van der Waals surface area contributed by atoms with Crippen molar-refractivity contribution in [3.05, 3.63) is 29.3 Å². The standard InChI is InChI=1S/C9H12N2.2C2H6/c1-7-3-4-9(10)8(5-7)6-11-2;2*1-2/h3-6H,10H2,1-2H3;2*1-2H3. The number of nitrogens with zero attached hydrogens (tertiary/aromatic N) is 1. The first kappa shape index (κ1) is 16.1. The Morgan fingerprint density at radius 2 is 1.67 bits per heavy atom. The highest BCUT2D eigenvalue weighted by atomic mass is 14.6. The highest BCUT2D eigenvalue weighted by molar-refractivity contribution is 5.86. The maximum absolute atomic E-state index is 5.68. The first-order valence-corrected chi connectivity index (χ1v) is 5.52. The molecule has 0 fully saturated rings. The minimum Gasteiger partial charge on any atom is -0.398 e. The summed E-state index contributed by atoms with van der Waals surface area (Å²) in [6, 6.07) is 5.90. The van der Waals surface area contributed by atoms with Gasteiger partial charge in [0.2, 0.25) is 0 Å². The van der Waals surface area contributed by atoms with Gasteiger partial charge in [-0.3, -0.25) is 4.99 Å². The molecular weight excluding hydrogens is 184 g/mol. The van der Waals surface area contributed by atoms with E-state index in [4.69, 9.17) is 5.73 Å². The number of hydrogen-bond donors (Lipinski definition) is 1. The molecule has 0 saturated heterocycles. The van der Waals surface area contributed by atoms with Gasteiger partial charge in [0, 0.05) is 24.5 Å². The zero-order chi connectivity index (χ0) is 12.3. The lowest BCUT2D eigenvalue weighted by Gasteiger charge is -1.99.